The Bertz CT molecular complexity index is 1230. The summed E-state index contributed by atoms with van der Waals surface area (Å²) in [7, 11) is 0. The summed E-state index contributed by atoms with van der Waals surface area (Å²) in [4.78, 5) is 65.6. The molecular formula is C27H27N3O7. The summed E-state index contributed by atoms with van der Waals surface area (Å²) in [5, 5.41) is 4.93. The van der Waals surface area contributed by atoms with Crippen LogP contribution < -0.4 is 10.6 Å². The highest BCUT2D eigenvalue weighted by Crippen LogP contribution is 2.30. The van der Waals surface area contributed by atoms with Crippen molar-refractivity contribution in [2.45, 2.75) is 38.6 Å². The highest BCUT2D eigenvalue weighted by atomic mass is 16.7. The summed E-state index contributed by atoms with van der Waals surface area (Å²) in [6, 6.07) is 8.26. The van der Waals surface area contributed by atoms with Crippen LogP contribution in [0.3, 0.4) is 0 Å². The zero-order valence-electron chi connectivity index (χ0n) is 20.3. The number of hydrogen-bond donors (Lipinski definition) is 2. The number of imide groups is 1. The largest absolute Gasteiger partial charge is 0.458 e. The third-order valence-corrected chi connectivity index (χ3v) is 6.19. The van der Waals surface area contributed by atoms with E-state index in [4.69, 9.17) is 9.47 Å². The quantitative estimate of drug-likeness (QED) is 0.227. The van der Waals surface area contributed by atoms with E-state index in [0.29, 0.717) is 17.7 Å². The van der Waals surface area contributed by atoms with Gasteiger partial charge in [0.1, 0.15) is 11.7 Å². The molecule has 0 saturated carbocycles. The summed E-state index contributed by atoms with van der Waals surface area (Å²) in [5.74, 6) is -2.62. The van der Waals surface area contributed by atoms with Crippen LogP contribution in [0.15, 0.2) is 71.1 Å². The monoisotopic (exact) mass is 505 g/mol. The lowest BCUT2D eigenvalue weighted by Crippen LogP contribution is -2.32. The first kappa shape index (κ1) is 25.7. The summed E-state index contributed by atoms with van der Waals surface area (Å²) >= 11 is 0. The van der Waals surface area contributed by atoms with Gasteiger partial charge in [-0.15, -0.1) is 0 Å². The molecule has 1 fully saturated rings. The number of ether oxygens (including phenoxy) is 2. The van der Waals surface area contributed by atoms with Gasteiger partial charge < -0.3 is 14.8 Å². The summed E-state index contributed by atoms with van der Waals surface area (Å²) in [5.41, 5.74) is 0.621. The van der Waals surface area contributed by atoms with Crippen LogP contribution in [-0.2, 0) is 33.4 Å². The van der Waals surface area contributed by atoms with Crippen molar-refractivity contribution in [1.82, 2.24) is 10.6 Å². The molecule has 2 N–H and O–H groups in total. The number of carbonyl (C=O) groups is 5. The van der Waals surface area contributed by atoms with Crippen molar-refractivity contribution < 1.29 is 33.4 Å². The lowest BCUT2D eigenvalue weighted by molar-refractivity contribution is -0.129. The standard InChI is InChI=1S/C27H27N3O7/c1-2-19(26(34)18-13-24(32)30-27(18)35)28-25(33)14-20(17-6-4-3-5-7-17)29-23(31)11-9-16-8-10-21-22(12-16)37-15-36-21/h3-11,16,18,20H,2,12-15H2,1H3,(H,29,31)(H,30,32,35)/b11-9+,28-19?/t16?,18-,20+/m1/s1. The number of allylic oxidation sites excluding steroid dienone is 4. The molecule has 1 saturated heterocycles. The van der Waals surface area contributed by atoms with Crippen molar-refractivity contribution >= 4 is 35.1 Å². The molecule has 10 heteroatoms. The smallest absolute Gasteiger partial charge is 0.248 e. The summed E-state index contributed by atoms with van der Waals surface area (Å²) in [6.07, 6.45) is 7.16. The van der Waals surface area contributed by atoms with Crippen molar-refractivity contribution in [2.75, 3.05) is 6.79 Å². The van der Waals surface area contributed by atoms with Crippen molar-refractivity contribution in [2.24, 2.45) is 16.8 Å². The minimum atomic E-state index is -1.17. The Balaban J connectivity index is 1.42. The number of rotatable bonds is 9. The van der Waals surface area contributed by atoms with Crippen molar-refractivity contribution in [1.29, 1.82) is 0 Å². The number of nitrogens with zero attached hydrogens (tertiary/aromatic N) is 1. The van der Waals surface area contributed by atoms with E-state index < -0.39 is 41.4 Å². The van der Waals surface area contributed by atoms with Crippen LogP contribution in [-0.4, -0.2) is 41.9 Å². The number of aliphatic imine (C=N–C) groups is 1. The molecule has 1 unspecified atom stereocenters. The van der Waals surface area contributed by atoms with Gasteiger partial charge in [0.25, 0.3) is 0 Å². The number of amides is 4. The Kier molecular flexibility index (Phi) is 8.07. The van der Waals surface area contributed by atoms with Gasteiger partial charge >= 0.3 is 0 Å². The highest BCUT2D eigenvalue weighted by molar-refractivity contribution is 6.46. The second-order valence-corrected chi connectivity index (χ2v) is 8.80. The molecule has 0 radical (unpaired) electrons. The van der Waals surface area contributed by atoms with Crippen LogP contribution in [0.5, 0.6) is 0 Å². The molecule has 0 bridgehead atoms. The molecule has 0 aromatic heterocycles. The number of benzene rings is 1. The Morgan fingerprint density at radius 1 is 1.16 bits per heavy atom. The molecule has 3 atom stereocenters. The van der Waals surface area contributed by atoms with Gasteiger partial charge in [-0.2, -0.15) is 0 Å². The Morgan fingerprint density at radius 3 is 2.65 bits per heavy atom. The second kappa shape index (κ2) is 11.6. The third kappa shape index (κ3) is 6.46. The molecule has 37 heavy (non-hydrogen) atoms. The van der Waals surface area contributed by atoms with Gasteiger partial charge in [0.15, 0.2) is 11.5 Å². The Morgan fingerprint density at radius 2 is 1.95 bits per heavy atom. The molecule has 4 rings (SSSR count). The molecule has 1 aromatic carbocycles. The van der Waals surface area contributed by atoms with E-state index in [-0.39, 0.29) is 37.7 Å². The minimum absolute atomic E-state index is 0.0367. The van der Waals surface area contributed by atoms with E-state index in [2.05, 4.69) is 15.6 Å². The molecule has 2 aliphatic heterocycles. The van der Waals surface area contributed by atoms with Crippen molar-refractivity contribution in [3.05, 3.63) is 71.7 Å². The normalized spacial score (nSPS) is 21.8. The number of carbonyl (C=O) groups excluding carboxylic acids is 5. The Labute approximate surface area is 213 Å². The highest BCUT2D eigenvalue weighted by Gasteiger charge is 2.38. The molecular weight excluding hydrogens is 478 g/mol. The number of ketones is 1. The van der Waals surface area contributed by atoms with Crippen LogP contribution in [0.4, 0.5) is 0 Å². The Hall–Kier alpha value is -4.34. The maximum Gasteiger partial charge on any atom is 0.248 e. The number of Topliss-reactive ketones (excluding diaryl/α,β-unsaturated/α-hetero) is 1. The summed E-state index contributed by atoms with van der Waals surface area (Å²) < 4.78 is 10.7. The minimum Gasteiger partial charge on any atom is -0.458 e. The molecule has 192 valence electrons. The third-order valence-electron chi connectivity index (χ3n) is 6.19. The van der Waals surface area contributed by atoms with Gasteiger partial charge in [0, 0.05) is 18.8 Å². The van der Waals surface area contributed by atoms with E-state index in [1.165, 1.54) is 6.08 Å². The molecule has 0 spiro atoms. The summed E-state index contributed by atoms with van der Waals surface area (Å²) in [6.45, 7) is 1.83. The molecule has 1 aromatic rings. The topological polar surface area (TPSA) is 140 Å². The molecule has 3 aliphatic rings. The van der Waals surface area contributed by atoms with E-state index >= 15 is 0 Å². The average molecular weight is 506 g/mol. The van der Waals surface area contributed by atoms with Crippen LogP contribution in [0.1, 0.15) is 44.2 Å². The molecule has 10 nitrogen and oxygen atoms in total. The molecule has 1 aliphatic carbocycles. The first-order valence-electron chi connectivity index (χ1n) is 12.0. The van der Waals surface area contributed by atoms with Gasteiger partial charge in [-0.1, -0.05) is 49.4 Å². The molecule has 4 amide bonds. The zero-order chi connectivity index (χ0) is 26.4. The number of hydrogen-bond acceptors (Lipinski definition) is 7. The van der Waals surface area contributed by atoms with E-state index in [1.807, 2.05) is 18.2 Å². The van der Waals surface area contributed by atoms with E-state index in [1.54, 1.807) is 37.3 Å². The fourth-order valence-electron chi connectivity index (χ4n) is 4.26. The fourth-order valence-corrected chi connectivity index (χ4v) is 4.26. The predicted octanol–water partition coefficient (Wildman–Crippen LogP) is 2.19. The lowest BCUT2D eigenvalue weighted by atomic mass is 9.97. The fraction of sp³-hybridized carbons (Fsp3) is 0.333. The van der Waals surface area contributed by atoms with Crippen molar-refractivity contribution in [3.63, 3.8) is 0 Å². The van der Waals surface area contributed by atoms with Gasteiger partial charge in [-0.3, -0.25) is 29.3 Å². The van der Waals surface area contributed by atoms with Crippen molar-refractivity contribution in [3.8, 4) is 0 Å². The van der Waals surface area contributed by atoms with Gasteiger partial charge in [-0.05, 0) is 24.1 Å². The SMILES string of the molecule is CCC(=NC(=O)C[C@H](NC(=O)/C=C/C1C=CC2=C(C1)OCO2)c1ccccc1)C(=O)[C@H]1CC(=O)NC1=O. The van der Waals surface area contributed by atoms with Crippen LogP contribution in [0.25, 0.3) is 0 Å². The second-order valence-electron chi connectivity index (χ2n) is 8.80. The zero-order valence-corrected chi connectivity index (χ0v) is 20.3. The van der Waals surface area contributed by atoms with Crippen LogP contribution in [0, 0.1) is 11.8 Å². The van der Waals surface area contributed by atoms with E-state index in [9.17, 15) is 24.0 Å². The average Bonchev–Trinajstić information content (AvgIpc) is 3.50. The van der Waals surface area contributed by atoms with Crippen LogP contribution >= 0.6 is 0 Å². The first-order chi connectivity index (χ1) is 17.8. The van der Waals surface area contributed by atoms with Gasteiger partial charge in [0.05, 0.1) is 18.2 Å². The maximum absolute atomic E-state index is 12.8. The van der Waals surface area contributed by atoms with E-state index in [0.717, 1.165) is 5.76 Å². The molecule has 2 heterocycles. The lowest BCUT2D eigenvalue weighted by Gasteiger charge is -2.17. The number of nitrogens with one attached hydrogen (secondary N) is 2. The predicted molar refractivity (Wildman–Crippen MR) is 131 cm³/mol. The van der Waals surface area contributed by atoms with Gasteiger partial charge in [0.2, 0.25) is 30.4 Å². The van der Waals surface area contributed by atoms with Crippen LogP contribution in [0.2, 0.25) is 0 Å². The maximum atomic E-state index is 12.8. The van der Waals surface area contributed by atoms with Gasteiger partial charge in [-0.25, -0.2) is 4.99 Å². The first-order valence-corrected chi connectivity index (χ1v) is 12.0.